The number of aryl methyl sites for hydroxylation is 1. The summed E-state index contributed by atoms with van der Waals surface area (Å²) in [6.45, 7) is 1.76. The van der Waals surface area contributed by atoms with Crippen molar-refractivity contribution in [1.82, 2.24) is 0 Å². The van der Waals surface area contributed by atoms with E-state index in [0.29, 0.717) is 0 Å². The fraction of sp³-hybridized carbons (Fsp3) is 0.250. The lowest BCUT2D eigenvalue weighted by atomic mass is 10.1. The smallest absolute Gasteiger partial charge is 0.166 e. The first-order valence-corrected chi connectivity index (χ1v) is 5.22. The molecular weight excluding hydrogens is 360 g/mol. The summed E-state index contributed by atoms with van der Waals surface area (Å²) in [6, 6.07) is 2.97. The topological polar surface area (TPSA) is 0 Å². The normalized spacial score (nSPS) is 11.8. The van der Waals surface area contributed by atoms with Crippen molar-refractivity contribution in [2.75, 3.05) is 0 Å². The molecule has 0 heterocycles. The van der Waals surface area contributed by atoms with Crippen LogP contribution in [0.3, 0.4) is 0 Å². The van der Waals surface area contributed by atoms with E-state index in [9.17, 15) is 13.2 Å². The number of alkyl halides is 3. The monoisotopic (exact) mass is 364 g/mol. The Labute approximate surface area is 95.8 Å². The minimum atomic E-state index is -4.29. The minimum Gasteiger partial charge on any atom is -0.166 e. The van der Waals surface area contributed by atoms with E-state index in [4.69, 9.17) is 0 Å². The van der Waals surface area contributed by atoms with Crippen molar-refractivity contribution in [3.8, 4) is 0 Å². The number of benzene rings is 1. The summed E-state index contributed by atoms with van der Waals surface area (Å²) < 4.78 is 37.5. The molecule has 5 heteroatoms. The van der Waals surface area contributed by atoms with Gasteiger partial charge in [-0.15, -0.1) is 0 Å². The number of rotatable bonds is 0. The van der Waals surface area contributed by atoms with Gasteiger partial charge in [-0.25, -0.2) is 0 Å². The quantitative estimate of drug-likeness (QED) is 0.599. The van der Waals surface area contributed by atoms with Gasteiger partial charge in [0.05, 0.1) is 5.56 Å². The highest BCUT2D eigenvalue weighted by Crippen LogP contribution is 2.38. The second kappa shape index (κ2) is 3.76. The molecule has 0 saturated carbocycles. The fourth-order valence-electron chi connectivity index (χ4n) is 0.971. The Balaban J connectivity index is 3.38. The molecule has 0 fully saturated rings. The van der Waals surface area contributed by atoms with Crippen molar-refractivity contribution in [1.29, 1.82) is 0 Å². The van der Waals surface area contributed by atoms with Crippen LogP contribution < -0.4 is 0 Å². The summed E-state index contributed by atoms with van der Waals surface area (Å²) >= 11 is 4.60. The molecule has 0 nitrogen and oxygen atoms in total. The first-order chi connectivity index (χ1) is 5.82. The van der Waals surface area contributed by atoms with Crippen LogP contribution in [0.2, 0.25) is 0 Å². The summed E-state index contributed by atoms with van der Waals surface area (Å²) in [5.41, 5.74) is 0.211. The molecule has 0 spiro atoms. The van der Waals surface area contributed by atoms with Gasteiger partial charge >= 0.3 is 6.18 Å². The van der Waals surface area contributed by atoms with E-state index >= 15 is 0 Å². The first kappa shape index (κ1) is 11.3. The number of hydrogen-bond donors (Lipinski definition) is 0. The van der Waals surface area contributed by atoms with Crippen molar-refractivity contribution < 1.29 is 13.2 Å². The molecular formula is C8H5BrF3I. The molecule has 0 aliphatic carbocycles. The average Bonchev–Trinajstić information content (AvgIpc) is 1.78. The largest absolute Gasteiger partial charge is 0.418 e. The number of hydrogen-bond acceptors (Lipinski definition) is 0. The molecule has 0 aromatic heterocycles. The summed E-state index contributed by atoms with van der Waals surface area (Å²) in [5, 5.41) is 0. The van der Waals surface area contributed by atoms with E-state index in [1.165, 1.54) is 12.1 Å². The maximum Gasteiger partial charge on any atom is 0.418 e. The average molecular weight is 365 g/mol. The van der Waals surface area contributed by atoms with Crippen molar-refractivity contribution in [2.45, 2.75) is 13.1 Å². The third-order valence-corrected chi connectivity index (χ3v) is 2.95. The third kappa shape index (κ3) is 2.59. The predicted molar refractivity (Wildman–Crippen MR) is 56.6 cm³/mol. The van der Waals surface area contributed by atoms with E-state index < -0.39 is 11.7 Å². The molecule has 0 amide bonds. The molecule has 1 rings (SSSR count). The second-order valence-electron chi connectivity index (χ2n) is 2.60. The molecule has 0 aliphatic rings. The predicted octanol–water partition coefficient (Wildman–Crippen LogP) is 4.38. The van der Waals surface area contributed by atoms with Gasteiger partial charge in [0.1, 0.15) is 0 Å². The van der Waals surface area contributed by atoms with Crippen LogP contribution in [-0.4, -0.2) is 0 Å². The Hall–Kier alpha value is 0.220. The fourth-order valence-corrected chi connectivity index (χ4v) is 3.23. The molecule has 0 saturated heterocycles. The van der Waals surface area contributed by atoms with Crippen LogP contribution in [-0.2, 0) is 6.18 Å². The molecule has 0 unspecified atom stereocenters. The van der Waals surface area contributed by atoms with Crippen molar-refractivity contribution >= 4 is 38.5 Å². The molecule has 1 aromatic carbocycles. The van der Waals surface area contributed by atoms with Gasteiger partial charge in [-0.3, -0.25) is 0 Å². The molecule has 72 valence electrons. The molecule has 13 heavy (non-hydrogen) atoms. The van der Waals surface area contributed by atoms with Crippen LogP contribution >= 0.6 is 38.5 Å². The SMILES string of the molecule is Cc1cc(Br)c(C(F)(F)F)c(I)c1. The highest BCUT2D eigenvalue weighted by molar-refractivity contribution is 14.1. The van der Waals surface area contributed by atoms with Crippen LogP contribution in [0.15, 0.2) is 16.6 Å². The zero-order chi connectivity index (χ0) is 10.2. The highest BCUT2D eigenvalue weighted by Gasteiger charge is 2.35. The van der Waals surface area contributed by atoms with Crippen molar-refractivity contribution in [3.05, 3.63) is 31.3 Å². The third-order valence-electron chi connectivity index (χ3n) is 1.47. The zero-order valence-electron chi connectivity index (χ0n) is 6.54. The Morgan fingerprint density at radius 2 is 1.85 bits per heavy atom. The Morgan fingerprint density at radius 3 is 2.23 bits per heavy atom. The van der Waals surface area contributed by atoms with E-state index in [-0.39, 0.29) is 8.04 Å². The van der Waals surface area contributed by atoms with E-state index in [0.717, 1.165) is 5.56 Å². The van der Waals surface area contributed by atoms with E-state index in [2.05, 4.69) is 15.9 Å². The van der Waals surface area contributed by atoms with Crippen LogP contribution in [0.1, 0.15) is 11.1 Å². The van der Waals surface area contributed by atoms with Gasteiger partial charge in [0, 0.05) is 8.04 Å². The van der Waals surface area contributed by atoms with Crippen LogP contribution in [0, 0.1) is 10.5 Å². The van der Waals surface area contributed by atoms with Gasteiger partial charge in [0.25, 0.3) is 0 Å². The van der Waals surface area contributed by atoms with Gasteiger partial charge in [0.15, 0.2) is 0 Å². The molecule has 0 aliphatic heterocycles. The standard InChI is InChI=1S/C8H5BrF3I/c1-4-2-5(9)7(6(13)3-4)8(10,11)12/h2-3H,1H3. The maximum atomic E-state index is 12.4. The van der Waals surface area contributed by atoms with E-state index in [1.807, 2.05) is 0 Å². The Kier molecular flexibility index (Phi) is 3.27. The summed E-state index contributed by atoms with van der Waals surface area (Å²) in [6.07, 6.45) is -4.29. The Bertz CT molecular complexity index is 310. The molecule has 0 radical (unpaired) electrons. The van der Waals surface area contributed by atoms with E-state index in [1.54, 1.807) is 29.5 Å². The summed E-state index contributed by atoms with van der Waals surface area (Å²) in [7, 11) is 0. The molecule has 0 N–H and O–H groups in total. The van der Waals surface area contributed by atoms with Crippen molar-refractivity contribution in [3.63, 3.8) is 0 Å². The lowest BCUT2D eigenvalue weighted by Crippen LogP contribution is -2.08. The summed E-state index contributed by atoms with van der Waals surface area (Å²) in [5.74, 6) is 0. The lowest BCUT2D eigenvalue weighted by molar-refractivity contribution is -0.138. The lowest BCUT2D eigenvalue weighted by Gasteiger charge is -2.11. The van der Waals surface area contributed by atoms with Gasteiger partial charge in [0.2, 0.25) is 0 Å². The molecule has 0 atom stereocenters. The molecule has 1 aromatic rings. The minimum absolute atomic E-state index is 0.101. The van der Waals surface area contributed by atoms with Crippen molar-refractivity contribution in [2.24, 2.45) is 0 Å². The molecule has 0 bridgehead atoms. The van der Waals surface area contributed by atoms with Gasteiger partial charge in [-0.2, -0.15) is 13.2 Å². The van der Waals surface area contributed by atoms with Crippen LogP contribution in [0.4, 0.5) is 13.2 Å². The van der Waals surface area contributed by atoms with Gasteiger partial charge in [-0.1, -0.05) is 15.9 Å². The van der Waals surface area contributed by atoms with Crippen LogP contribution in [0.25, 0.3) is 0 Å². The summed E-state index contributed by atoms with van der Waals surface area (Å²) in [4.78, 5) is 0. The number of halogens is 5. The highest BCUT2D eigenvalue weighted by atomic mass is 127. The maximum absolute atomic E-state index is 12.4. The van der Waals surface area contributed by atoms with Gasteiger partial charge in [-0.05, 0) is 47.2 Å². The zero-order valence-corrected chi connectivity index (χ0v) is 10.3. The second-order valence-corrected chi connectivity index (χ2v) is 4.62. The Morgan fingerprint density at radius 1 is 1.31 bits per heavy atom. The van der Waals surface area contributed by atoms with Crippen LogP contribution in [0.5, 0.6) is 0 Å². The first-order valence-electron chi connectivity index (χ1n) is 3.35. The van der Waals surface area contributed by atoms with Gasteiger partial charge < -0.3 is 0 Å².